The molecule has 1 aliphatic heterocycles. The summed E-state index contributed by atoms with van der Waals surface area (Å²) in [5, 5.41) is 2.78. The number of benzene rings is 2. The number of hydrogen-bond acceptors (Lipinski definition) is 6. The number of hydrogen-bond donors (Lipinski definition) is 1. The van der Waals surface area contributed by atoms with Gasteiger partial charge in [-0.25, -0.2) is 4.79 Å². The van der Waals surface area contributed by atoms with Gasteiger partial charge in [0.25, 0.3) is 0 Å². The van der Waals surface area contributed by atoms with Crippen molar-refractivity contribution in [1.82, 2.24) is 0 Å². The fraction of sp³-hybridized carbons (Fsp3) is 0.250. The van der Waals surface area contributed by atoms with Crippen molar-refractivity contribution in [2.24, 2.45) is 11.8 Å². The lowest BCUT2D eigenvalue weighted by molar-refractivity contribution is -0.122. The SMILES string of the molecule is COC(=O)c1ccc(NC(=O)CSc2ccc(N3C(=O)[C@@H]4CC=CC[C@H]4C3=O)cc2)cc1. The lowest BCUT2D eigenvalue weighted by Crippen LogP contribution is -2.30. The van der Waals surface area contributed by atoms with Gasteiger partial charge in [-0.05, 0) is 61.4 Å². The maximum atomic E-state index is 12.7. The molecular formula is C24H22N2O5S. The third-order valence-corrected chi connectivity index (χ3v) is 6.57. The summed E-state index contributed by atoms with van der Waals surface area (Å²) in [5.74, 6) is -1.22. The summed E-state index contributed by atoms with van der Waals surface area (Å²) < 4.78 is 4.65. The molecule has 164 valence electrons. The first-order valence-electron chi connectivity index (χ1n) is 10.2. The van der Waals surface area contributed by atoms with Crippen LogP contribution >= 0.6 is 11.8 Å². The van der Waals surface area contributed by atoms with Gasteiger partial charge < -0.3 is 10.1 Å². The summed E-state index contributed by atoms with van der Waals surface area (Å²) in [5.41, 5.74) is 1.56. The van der Waals surface area contributed by atoms with Crippen molar-refractivity contribution < 1.29 is 23.9 Å². The quantitative estimate of drug-likeness (QED) is 0.313. The second kappa shape index (κ2) is 9.40. The topological polar surface area (TPSA) is 92.8 Å². The molecule has 0 aromatic heterocycles. The molecular weight excluding hydrogens is 428 g/mol. The molecule has 1 heterocycles. The van der Waals surface area contributed by atoms with Crippen LogP contribution in [0.5, 0.6) is 0 Å². The van der Waals surface area contributed by atoms with Crippen molar-refractivity contribution in [1.29, 1.82) is 0 Å². The van der Waals surface area contributed by atoms with Crippen LogP contribution in [0.1, 0.15) is 23.2 Å². The maximum Gasteiger partial charge on any atom is 0.337 e. The van der Waals surface area contributed by atoms with Gasteiger partial charge in [-0.15, -0.1) is 11.8 Å². The Morgan fingerprint density at radius 3 is 2.12 bits per heavy atom. The molecule has 0 radical (unpaired) electrons. The number of fused-ring (bicyclic) bond motifs is 1. The molecule has 1 aliphatic carbocycles. The van der Waals surface area contributed by atoms with Crippen molar-refractivity contribution in [3.8, 4) is 0 Å². The summed E-state index contributed by atoms with van der Waals surface area (Å²) in [7, 11) is 1.31. The van der Waals surface area contributed by atoms with Crippen LogP contribution in [0.4, 0.5) is 11.4 Å². The molecule has 0 saturated carbocycles. The molecule has 1 N–H and O–H groups in total. The average Bonchev–Trinajstić information content (AvgIpc) is 3.08. The predicted molar refractivity (Wildman–Crippen MR) is 121 cm³/mol. The zero-order valence-corrected chi connectivity index (χ0v) is 18.3. The number of imide groups is 1. The van der Waals surface area contributed by atoms with Crippen LogP contribution in [-0.4, -0.2) is 36.6 Å². The van der Waals surface area contributed by atoms with E-state index in [2.05, 4.69) is 10.1 Å². The van der Waals surface area contributed by atoms with E-state index in [4.69, 9.17) is 0 Å². The van der Waals surface area contributed by atoms with E-state index in [1.807, 2.05) is 12.2 Å². The van der Waals surface area contributed by atoms with Gasteiger partial charge in [0.1, 0.15) is 0 Å². The molecule has 2 aliphatic rings. The fourth-order valence-corrected chi connectivity index (χ4v) is 4.60. The monoisotopic (exact) mass is 450 g/mol. The van der Waals surface area contributed by atoms with Gasteiger partial charge in [0.15, 0.2) is 0 Å². The Kier molecular flexibility index (Phi) is 6.41. The van der Waals surface area contributed by atoms with E-state index in [-0.39, 0.29) is 35.3 Å². The minimum atomic E-state index is -0.436. The van der Waals surface area contributed by atoms with E-state index in [0.717, 1.165) is 4.90 Å². The largest absolute Gasteiger partial charge is 0.465 e. The maximum absolute atomic E-state index is 12.7. The number of methoxy groups -OCH3 is 1. The van der Waals surface area contributed by atoms with Crippen molar-refractivity contribution in [3.63, 3.8) is 0 Å². The zero-order chi connectivity index (χ0) is 22.7. The number of ether oxygens (including phenoxy) is 1. The van der Waals surface area contributed by atoms with Gasteiger partial charge in [0.05, 0.1) is 35.9 Å². The molecule has 32 heavy (non-hydrogen) atoms. The highest BCUT2D eigenvalue weighted by atomic mass is 32.2. The number of nitrogens with zero attached hydrogens (tertiary/aromatic N) is 1. The third-order valence-electron chi connectivity index (χ3n) is 5.56. The highest BCUT2D eigenvalue weighted by Crippen LogP contribution is 2.38. The Morgan fingerprint density at radius 2 is 1.56 bits per heavy atom. The number of amides is 3. The standard InChI is InChI=1S/C24H22N2O5S/c1-31-24(30)15-6-8-16(9-7-15)25-21(27)14-32-18-12-10-17(11-13-18)26-22(28)19-4-2-3-5-20(19)23(26)29/h2-3,6-13,19-20H,4-5,14H2,1H3,(H,25,27)/t19-,20-/m1/s1. The molecule has 7 nitrogen and oxygen atoms in total. The van der Waals surface area contributed by atoms with Gasteiger partial charge in [-0.2, -0.15) is 0 Å². The van der Waals surface area contributed by atoms with Crippen molar-refractivity contribution in [3.05, 3.63) is 66.2 Å². The summed E-state index contributed by atoms with van der Waals surface area (Å²) in [4.78, 5) is 51.2. The summed E-state index contributed by atoms with van der Waals surface area (Å²) in [6, 6.07) is 13.5. The molecule has 0 bridgehead atoms. The summed E-state index contributed by atoms with van der Waals surface area (Å²) in [6.07, 6.45) is 5.16. The predicted octanol–water partition coefficient (Wildman–Crippen LogP) is 3.66. The number of anilines is 2. The first kappa shape index (κ1) is 21.8. The molecule has 1 saturated heterocycles. The number of rotatable bonds is 6. The number of thioether (sulfide) groups is 1. The summed E-state index contributed by atoms with van der Waals surface area (Å²) in [6.45, 7) is 0. The normalized spacial score (nSPS) is 19.6. The summed E-state index contributed by atoms with van der Waals surface area (Å²) >= 11 is 1.35. The van der Waals surface area contributed by atoms with Crippen LogP contribution in [0.2, 0.25) is 0 Å². The van der Waals surface area contributed by atoms with Gasteiger partial charge in [0.2, 0.25) is 17.7 Å². The molecule has 0 unspecified atom stereocenters. The smallest absolute Gasteiger partial charge is 0.337 e. The van der Waals surface area contributed by atoms with E-state index in [9.17, 15) is 19.2 Å². The molecule has 2 aromatic rings. The number of nitrogens with one attached hydrogen (secondary N) is 1. The van der Waals surface area contributed by atoms with Crippen LogP contribution < -0.4 is 10.2 Å². The van der Waals surface area contributed by atoms with Gasteiger partial charge in [-0.3, -0.25) is 19.3 Å². The first-order chi connectivity index (χ1) is 15.5. The Labute approximate surface area is 189 Å². The van der Waals surface area contributed by atoms with Crippen LogP contribution in [0.25, 0.3) is 0 Å². The van der Waals surface area contributed by atoms with Crippen LogP contribution in [0, 0.1) is 11.8 Å². The molecule has 2 aromatic carbocycles. The Bertz CT molecular complexity index is 1050. The second-order valence-electron chi connectivity index (χ2n) is 7.57. The van der Waals surface area contributed by atoms with Crippen molar-refractivity contribution in [2.45, 2.75) is 17.7 Å². The van der Waals surface area contributed by atoms with Gasteiger partial charge in [-0.1, -0.05) is 12.2 Å². The van der Waals surface area contributed by atoms with Crippen LogP contribution in [0.15, 0.2) is 65.6 Å². The first-order valence-corrected chi connectivity index (χ1v) is 11.2. The molecule has 0 spiro atoms. The number of esters is 1. The number of allylic oxidation sites excluding steroid dienone is 2. The minimum absolute atomic E-state index is 0.137. The number of carbonyl (C=O) groups excluding carboxylic acids is 4. The Morgan fingerprint density at radius 1 is 0.969 bits per heavy atom. The molecule has 2 atom stereocenters. The minimum Gasteiger partial charge on any atom is -0.465 e. The third kappa shape index (κ3) is 4.45. The molecule has 1 fully saturated rings. The van der Waals surface area contributed by atoms with E-state index < -0.39 is 5.97 Å². The molecule has 8 heteroatoms. The Hall–Kier alpha value is -3.39. The van der Waals surface area contributed by atoms with E-state index in [1.165, 1.54) is 23.8 Å². The van der Waals surface area contributed by atoms with E-state index >= 15 is 0 Å². The van der Waals surface area contributed by atoms with E-state index in [1.54, 1.807) is 48.5 Å². The van der Waals surface area contributed by atoms with Crippen molar-refractivity contribution in [2.75, 3.05) is 23.1 Å². The van der Waals surface area contributed by atoms with Gasteiger partial charge in [0, 0.05) is 10.6 Å². The van der Waals surface area contributed by atoms with Crippen molar-refractivity contribution >= 4 is 46.8 Å². The second-order valence-corrected chi connectivity index (χ2v) is 8.62. The molecule has 4 rings (SSSR count). The lowest BCUT2D eigenvalue weighted by Gasteiger charge is -2.15. The Balaban J connectivity index is 1.32. The van der Waals surface area contributed by atoms with Crippen LogP contribution in [0.3, 0.4) is 0 Å². The van der Waals surface area contributed by atoms with Gasteiger partial charge >= 0.3 is 5.97 Å². The van der Waals surface area contributed by atoms with E-state index in [0.29, 0.717) is 29.8 Å². The number of carbonyl (C=O) groups is 4. The highest BCUT2D eigenvalue weighted by molar-refractivity contribution is 8.00. The lowest BCUT2D eigenvalue weighted by atomic mass is 9.85. The highest BCUT2D eigenvalue weighted by Gasteiger charge is 2.47. The van der Waals surface area contributed by atoms with Crippen LogP contribution in [-0.2, 0) is 19.1 Å². The zero-order valence-electron chi connectivity index (χ0n) is 17.4. The fourth-order valence-electron chi connectivity index (χ4n) is 3.90. The molecule has 3 amide bonds. The average molecular weight is 451 g/mol.